The zero-order chi connectivity index (χ0) is 16.7. The molecule has 0 bridgehead atoms. The highest BCUT2D eigenvalue weighted by atomic mass is 127. The van der Waals surface area contributed by atoms with E-state index >= 15 is 0 Å². The lowest BCUT2D eigenvalue weighted by Crippen LogP contribution is -2.39. The molecular weight excluding hydrogens is 411 g/mol. The number of para-hydroxylation sites is 1. The highest BCUT2D eigenvalue weighted by Crippen LogP contribution is 2.22. The van der Waals surface area contributed by atoms with Crippen LogP contribution in [0.15, 0.2) is 29.3 Å². The molecule has 0 radical (unpaired) electrons. The summed E-state index contributed by atoms with van der Waals surface area (Å²) in [6.45, 7) is 9.25. The molecule has 0 fully saturated rings. The van der Waals surface area contributed by atoms with Crippen molar-refractivity contribution in [3.05, 3.63) is 35.5 Å². The van der Waals surface area contributed by atoms with Gasteiger partial charge < -0.3 is 15.2 Å². The lowest BCUT2D eigenvalue weighted by atomic mass is 10.1. The highest BCUT2D eigenvalue weighted by Gasteiger charge is 2.08. The van der Waals surface area contributed by atoms with E-state index in [0.29, 0.717) is 0 Å². The van der Waals surface area contributed by atoms with E-state index in [1.54, 1.807) is 0 Å². The van der Waals surface area contributed by atoms with Crippen LogP contribution in [0.5, 0.6) is 0 Å². The number of H-pyrrole nitrogens is 1. The molecule has 24 heavy (non-hydrogen) atoms. The molecular formula is C19H31IN4. The average molecular weight is 442 g/mol. The summed E-state index contributed by atoms with van der Waals surface area (Å²) < 4.78 is 0. The lowest BCUT2D eigenvalue weighted by molar-refractivity contribution is 0.465. The van der Waals surface area contributed by atoms with Gasteiger partial charge in [0.1, 0.15) is 0 Å². The summed E-state index contributed by atoms with van der Waals surface area (Å²) in [4.78, 5) is 10.5. The van der Waals surface area contributed by atoms with Crippen molar-refractivity contribution in [2.45, 2.75) is 40.0 Å². The molecule has 5 heteroatoms. The second-order valence-corrected chi connectivity index (χ2v) is 6.03. The topological polar surface area (TPSA) is 43.4 Å². The Labute approximate surface area is 163 Å². The van der Waals surface area contributed by atoms with Gasteiger partial charge in [-0.15, -0.1) is 24.0 Å². The maximum absolute atomic E-state index is 4.81. The Bertz CT molecular complexity index is 648. The maximum atomic E-state index is 4.81. The number of benzene rings is 1. The van der Waals surface area contributed by atoms with Gasteiger partial charge in [0.15, 0.2) is 5.96 Å². The van der Waals surface area contributed by atoms with E-state index in [4.69, 9.17) is 4.99 Å². The zero-order valence-electron chi connectivity index (χ0n) is 15.4. The van der Waals surface area contributed by atoms with E-state index in [1.165, 1.54) is 35.0 Å². The van der Waals surface area contributed by atoms with Crippen molar-refractivity contribution < 1.29 is 0 Å². The standard InChI is InChI=1S/C19H30N4.HI/c1-5-7-14-23(4)19(20-6-2)21-13-12-16-15(3)22-18-11-9-8-10-17(16)18;/h8-11,22H,5-7,12-14H2,1-4H3,(H,20,21);1H. The van der Waals surface area contributed by atoms with Crippen LogP contribution in [0.1, 0.15) is 37.9 Å². The van der Waals surface area contributed by atoms with Gasteiger partial charge >= 0.3 is 0 Å². The van der Waals surface area contributed by atoms with Crippen molar-refractivity contribution >= 4 is 40.8 Å². The molecule has 2 aromatic rings. The SMILES string of the molecule is CCCCN(C)C(=NCCc1c(C)[nH]c2ccccc12)NCC.I. The number of fused-ring (bicyclic) bond motifs is 1. The molecule has 1 aromatic carbocycles. The van der Waals surface area contributed by atoms with E-state index in [0.717, 1.165) is 32.0 Å². The van der Waals surface area contributed by atoms with E-state index in [9.17, 15) is 0 Å². The molecule has 4 nitrogen and oxygen atoms in total. The van der Waals surface area contributed by atoms with E-state index in [-0.39, 0.29) is 24.0 Å². The molecule has 0 spiro atoms. The van der Waals surface area contributed by atoms with Gasteiger partial charge in [-0.1, -0.05) is 31.5 Å². The Morgan fingerprint density at radius 2 is 2.00 bits per heavy atom. The van der Waals surface area contributed by atoms with Gasteiger partial charge in [0.05, 0.1) is 0 Å². The van der Waals surface area contributed by atoms with E-state index in [1.807, 2.05) is 0 Å². The van der Waals surface area contributed by atoms with Crippen LogP contribution in [-0.2, 0) is 6.42 Å². The average Bonchev–Trinajstić information content (AvgIpc) is 2.87. The van der Waals surface area contributed by atoms with Gasteiger partial charge in [-0.25, -0.2) is 0 Å². The molecule has 0 saturated heterocycles. The predicted molar refractivity (Wildman–Crippen MR) is 116 cm³/mol. The first-order chi connectivity index (χ1) is 11.2. The lowest BCUT2D eigenvalue weighted by Gasteiger charge is -2.21. The predicted octanol–water partition coefficient (Wildman–Crippen LogP) is 4.33. The van der Waals surface area contributed by atoms with Crippen molar-refractivity contribution in [2.75, 3.05) is 26.7 Å². The number of hydrogen-bond acceptors (Lipinski definition) is 1. The Balaban J connectivity index is 0.00000288. The molecule has 134 valence electrons. The van der Waals surface area contributed by atoms with Gasteiger partial charge in [-0.05, 0) is 38.3 Å². The Hall–Kier alpha value is -1.24. The fraction of sp³-hybridized carbons (Fsp3) is 0.526. The molecule has 1 aromatic heterocycles. The molecule has 0 aliphatic heterocycles. The Morgan fingerprint density at radius 3 is 2.71 bits per heavy atom. The quantitative estimate of drug-likeness (QED) is 0.381. The number of guanidine groups is 1. The van der Waals surface area contributed by atoms with Crippen LogP contribution in [0.3, 0.4) is 0 Å². The van der Waals surface area contributed by atoms with Crippen molar-refractivity contribution in [3.63, 3.8) is 0 Å². The summed E-state index contributed by atoms with van der Waals surface area (Å²) in [6, 6.07) is 8.51. The summed E-state index contributed by atoms with van der Waals surface area (Å²) in [6.07, 6.45) is 3.37. The third-order valence-corrected chi connectivity index (χ3v) is 4.19. The normalized spacial score (nSPS) is 11.4. The molecule has 0 unspecified atom stereocenters. The Morgan fingerprint density at radius 1 is 1.25 bits per heavy atom. The third kappa shape index (κ3) is 5.40. The van der Waals surface area contributed by atoms with Crippen LogP contribution in [0.2, 0.25) is 0 Å². The minimum absolute atomic E-state index is 0. The molecule has 0 saturated carbocycles. The number of nitrogens with zero attached hydrogens (tertiary/aromatic N) is 2. The monoisotopic (exact) mass is 442 g/mol. The van der Waals surface area contributed by atoms with Crippen LogP contribution in [-0.4, -0.2) is 42.5 Å². The van der Waals surface area contributed by atoms with E-state index < -0.39 is 0 Å². The summed E-state index contributed by atoms with van der Waals surface area (Å²) in [5, 5.41) is 4.71. The largest absolute Gasteiger partial charge is 0.358 e. The second kappa shape index (κ2) is 10.6. The highest BCUT2D eigenvalue weighted by molar-refractivity contribution is 14.0. The fourth-order valence-corrected chi connectivity index (χ4v) is 2.90. The molecule has 0 aliphatic rings. The Kier molecular flexibility index (Phi) is 9.18. The van der Waals surface area contributed by atoms with Crippen molar-refractivity contribution in [2.24, 2.45) is 4.99 Å². The minimum atomic E-state index is 0. The summed E-state index contributed by atoms with van der Waals surface area (Å²) >= 11 is 0. The number of aliphatic imine (C=N–C) groups is 1. The first-order valence-electron chi connectivity index (χ1n) is 8.73. The van der Waals surface area contributed by atoms with Gasteiger partial charge in [0.25, 0.3) is 0 Å². The number of aromatic nitrogens is 1. The number of halogens is 1. The molecule has 0 aliphatic carbocycles. The molecule has 2 rings (SSSR count). The minimum Gasteiger partial charge on any atom is -0.358 e. The number of rotatable bonds is 7. The number of aromatic amines is 1. The van der Waals surface area contributed by atoms with Gasteiger partial charge in [-0.2, -0.15) is 0 Å². The molecule has 0 amide bonds. The van der Waals surface area contributed by atoms with Crippen molar-refractivity contribution in [1.82, 2.24) is 15.2 Å². The molecule has 1 heterocycles. The number of aryl methyl sites for hydroxylation is 1. The van der Waals surface area contributed by atoms with Crippen LogP contribution in [0, 0.1) is 6.92 Å². The first-order valence-corrected chi connectivity index (χ1v) is 8.73. The molecule has 0 atom stereocenters. The fourth-order valence-electron chi connectivity index (χ4n) is 2.90. The van der Waals surface area contributed by atoms with Gasteiger partial charge in [0, 0.05) is 43.3 Å². The van der Waals surface area contributed by atoms with E-state index in [2.05, 4.69) is 67.3 Å². The zero-order valence-corrected chi connectivity index (χ0v) is 17.7. The van der Waals surface area contributed by atoms with Crippen molar-refractivity contribution in [3.8, 4) is 0 Å². The smallest absolute Gasteiger partial charge is 0.193 e. The van der Waals surface area contributed by atoms with Crippen LogP contribution >= 0.6 is 24.0 Å². The summed E-state index contributed by atoms with van der Waals surface area (Å²) in [7, 11) is 2.12. The maximum Gasteiger partial charge on any atom is 0.193 e. The third-order valence-electron chi connectivity index (χ3n) is 4.19. The van der Waals surface area contributed by atoms with Crippen molar-refractivity contribution in [1.29, 1.82) is 0 Å². The number of nitrogens with one attached hydrogen (secondary N) is 2. The first kappa shape index (κ1) is 20.8. The summed E-state index contributed by atoms with van der Waals surface area (Å²) in [5.41, 5.74) is 3.86. The van der Waals surface area contributed by atoms with Gasteiger partial charge in [0.2, 0.25) is 0 Å². The number of unbranched alkanes of at least 4 members (excludes halogenated alkanes) is 1. The van der Waals surface area contributed by atoms with Crippen LogP contribution < -0.4 is 5.32 Å². The van der Waals surface area contributed by atoms with Crippen LogP contribution in [0.4, 0.5) is 0 Å². The van der Waals surface area contributed by atoms with Crippen LogP contribution in [0.25, 0.3) is 10.9 Å². The molecule has 2 N–H and O–H groups in total. The number of hydrogen-bond donors (Lipinski definition) is 2. The van der Waals surface area contributed by atoms with Gasteiger partial charge in [-0.3, -0.25) is 4.99 Å². The second-order valence-electron chi connectivity index (χ2n) is 6.03. The summed E-state index contributed by atoms with van der Waals surface area (Å²) in [5.74, 6) is 1.01.